The van der Waals surface area contributed by atoms with Gasteiger partial charge in [-0.05, 0) is 20.8 Å². The first kappa shape index (κ1) is 19.8. The zero-order chi connectivity index (χ0) is 11.0. The largest absolute Gasteiger partial charge is 1.00 e. The van der Waals surface area contributed by atoms with Crippen LogP contribution in [-0.2, 0) is 22.2 Å². The number of carbonyl (C=O) groups excluding carboxylic acids is 1. The van der Waals surface area contributed by atoms with Crippen LogP contribution in [0.2, 0.25) is 0 Å². The summed E-state index contributed by atoms with van der Waals surface area (Å²) in [7, 11) is 0. The number of nitrogens with two attached hydrogens (primary N) is 1. The summed E-state index contributed by atoms with van der Waals surface area (Å²) in [5.74, 6) is -0.435. The standard InChI is InChI=1S/C4H7NO.C4H8OS2.Na/c1-3(2)4(5)6;1-3(2)5-4(6)7;/h1H2,2H3,(H2,5,6);3H,1-2H3,(H,6,7);/q;;+1/p-1. The van der Waals surface area contributed by atoms with Gasteiger partial charge in [-0.2, -0.15) is 0 Å². The maximum absolute atomic E-state index is 9.82. The summed E-state index contributed by atoms with van der Waals surface area (Å²) in [6, 6.07) is 0. The summed E-state index contributed by atoms with van der Waals surface area (Å²) in [5.41, 5.74) is 5.09. The van der Waals surface area contributed by atoms with Gasteiger partial charge in [0.1, 0.15) is 0 Å². The van der Waals surface area contributed by atoms with E-state index >= 15 is 0 Å². The van der Waals surface area contributed by atoms with Crippen LogP contribution < -0.4 is 35.3 Å². The van der Waals surface area contributed by atoms with Crippen molar-refractivity contribution in [2.45, 2.75) is 26.9 Å². The summed E-state index contributed by atoms with van der Waals surface area (Å²) in [5, 5.41) is 0. The van der Waals surface area contributed by atoms with Crippen LogP contribution in [0.1, 0.15) is 20.8 Å². The molecule has 0 aliphatic rings. The van der Waals surface area contributed by atoms with Crippen molar-refractivity contribution in [2.24, 2.45) is 5.73 Å². The Balaban J connectivity index is -0.000000163. The topological polar surface area (TPSA) is 52.3 Å². The Morgan fingerprint density at radius 2 is 1.86 bits per heavy atom. The fraction of sp³-hybridized carbons (Fsp3) is 0.500. The third-order valence-corrected chi connectivity index (χ3v) is 0.945. The molecule has 0 saturated heterocycles. The minimum atomic E-state index is -0.435. The van der Waals surface area contributed by atoms with Crippen LogP contribution in [0.25, 0.3) is 0 Å². The van der Waals surface area contributed by atoms with E-state index in [0.29, 0.717) is 5.57 Å². The molecule has 0 aromatic carbocycles. The van der Waals surface area contributed by atoms with Gasteiger partial charge in [0.15, 0.2) is 0 Å². The second-order valence-corrected chi connectivity index (χ2v) is 3.56. The molecule has 0 bridgehead atoms. The second kappa shape index (κ2) is 11.4. The van der Waals surface area contributed by atoms with Gasteiger partial charge in [-0.3, -0.25) is 4.79 Å². The maximum atomic E-state index is 9.82. The molecule has 0 unspecified atom stereocenters. The molecule has 76 valence electrons. The fourth-order valence-corrected chi connectivity index (χ4v) is 0.577. The molecule has 0 aromatic heterocycles. The fourth-order valence-electron chi connectivity index (χ4n) is 0.192. The van der Waals surface area contributed by atoms with E-state index in [-0.39, 0.29) is 40.0 Å². The molecule has 2 N–H and O–H groups in total. The number of primary amides is 1. The van der Waals surface area contributed by atoms with E-state index < -0.39 is 5.91 Å². The summed E-state index contributed by atoms with van der Waals surface area (Å²) < 4.78 is 5.00. The molecule has 0 rings (SSSR count). The van der Waals surface area contributed by atoms with Crippen LogP contribution in [0.4, 0.5) is 0 Å². The summed E-state index contributed by atoms with van der Waals surface area (Å²) in [4.78, 5) is 9.82. The van der Waals surface area contributed by atoms with E-state index in [9.17, 15) is 4.79 Å². The van der Waals surface area contributed by atoms with Crippen molar-refractivity contribution in [3.63, 3.8) is 0 Å². The molecule has 3 nitrogen and oxygen atoms in total. The Hall–Kier alpha value is 0.320. The summed E-state index contributed by atoms with van der Waals surface area (Å²) in [6.07, 6.45) is 0.130. The number of amides is 1. The van der Waals surface area contributed by atoms with Crippen molar-refractivity contribution in [1.82, 2.24) is 0 Å². The van der Waals surface area contributed by atoms with Gasteiger partial charge in [-0.15, -0.1) is 0 Å². The van der Waals surface area contributed by atoms with Crippen molar-refractivity contribution in [3.05, 3.63) is 12.2 Å². The quantitative estimate of drug-likeness (QED) is 0.272. The molecule has 1 amide bonds. The maximum Gasteiger partial charge on any atom is 1.00 e. The van der Waals surface area contributed by atoms with Crippen molar-refractivity contribution in [2.75, 3.05) is 0 Å². The first-order valence-electron chi connectivity index (χ1n) is 3.60. The van der Waals surface area contributed by atoms with Crippen molar-refractivity contribution < 1.29 is 39.1 Å². The van der Waals surface area contributed by atoms with Gasteiger partial charge in [0.2, 0.25) is 5.91 Å². The third-order valence-electron chi connectivity index (χ3n) is 0.753. The molecule has 14 heavy (non-hydrogen) atoms. The number of rotatable bonds is 2. The number of hydrogen-bond acceptors (Lipinski definition) is 4. The molecule has 0 aromatic rings. The van der Waals surface area contributed by atoms with Crippen LogP contribution >= 0.6 is 12.2 Å². The Kier molecular flexibility index (Phi) is 16.1. The van der Waals surface area contributed by atoms with Gasteiger partial charge in [0, 0.05) is 9.96 Å². The van der Waals surface area contributed by atoms with Crippen LogP contribution in [0, 0.1) is 0 Å². The Morgan fingerprint density at radius 1 is 1.57 bits per heavy atom. The van der Waals surface area contributed by atoms with Crippen LogP contribution in [0.3, 0.4) is 0 Å². The molecule has 0 fully saturated rings. The van der Waals surface area contributed by atoms with E-state index in [2.05, 4.69) is 31.4 Å². The van der Waals surface area contributed by atoms with Gasteiger partial charge in [0.05, 0.1) is 6.10 Å². The predicted octanol–water partition coefficient (Wildman–Crippen LogP) is -1.70. The van der Waals surface area contributed by atoms with Gasteiger partial charge in [0.25, 0.3) is 0 Å². The first-order chi connectivity index (χ1) is 5.77. The zero-order valence-corrected chi connectivity index (χ0v) is 12.6. The smallest absolute Gasteiger partial charge is 0.511 e. The van der Waals surface area contributed by atoms with E-state index in [0.717, 1.165) is 0 Å². The first-order valence-corrected chi connectivity index (χ1v) is 4.42. The average Bonchev–Trinajstić information content (AvgIpc) is 1.84. The van der Waals surface area contributed by atoms with Gasteiger partial charge in [-0.1, -0.05) is 6.58 Å². The Morgan fingerprint density at radius 3 is 1.86 bits per heavy atom. The summed E-state index contributed by atoms with van der Waals surface area (Å²) >= 11 is 8.93. The van der Waals surface area contributed by atoms with Gasteiger partial charge < -0.3 is 35.3 Å². The van der Waals surface area contributed by atoms with Crippen LogP contribution in [0.15, 0.2) is 12.2 Å². The molecular formula is C8H14NNaO2S2. The van der Waals surface area contributed by atoms with E-state index in [1.54, 1.807) is 6.92 Å². The predicted molar refractivity (Wildman–Crippen MR) is 60.2 cm³/mol. The van der Waals surface area contributed by atoms with Crippen molar-refractivity contribution in [3.8, 4) is 0 Å². The third kappa shape index (κ3) is 22.8. The Bertz CT molecular complexity index is 196. The monoisotopic (exact) mass is 243 g/mol. The van der Waals surface area contributed by atoms with Crippen LogP contribution in [0.5, 0.6) is 0 Å². The van der Waals surface area contributed by atoms with Gasteiger partial charge in [-0.25, -0.2) is 0 Å². The van der Waals surface area contributed by atoms with E-state index in [4.69, 9.17) is 10.5 Å². The molecule has 0 saturated carbocycles. The van der Waals surface area contributed by atoms with Gasteiger partial charge >= 0.3 is 29.6 Å². The molecule has 6 heteroatoms. The molecular weight excluding hydrogens is 229 g/mol. The van der Waals surface area contributed by atoms with Crippen molar-refractivity contribution >= 4 is 35.1 Å². The number of hydrogen-bond donors (Lipinski definition) is 1. The zero-order valence-electron chi connectivity index (χ0n) is 8.99. The van der Waals surface area contributed by atoms with Crippen molar-refractivity contribution in [1.29, 1.82) is 0 Å². The molecule has 0 aliphatic heterocycles. The average molecular weight is 243 g/mol. The number of carbonyl (C=O) groups is 1. The molecule has 0 radical (unpaired) electrons. The summed E-state index contributed by atoms with van der Waals surface area (Å²) in [6.45, 7) is 8.63. The normalized spacial score (nSPS) is 7.71. The second-order valence-electron chi connectivity index (χ2n) is 2.56. The Labute approximate surface area is 118 Å². The number of ether oxygens (including phenoxy) is 1. The molecule has 0 atom stereocenters. The van der Waals surface area contributed by atoms with Crippen LogP contribution in [-0.4, -0.2) is 16.4 Å². The SMILES string of the molecule is C=C(C)C(N)=O.CC(C)OC(=S)[S-].[Na+]. The molecule has 0 aliphatic carbocycles. The number of thiocarbonyl (C=S) groups is 1. The molecule has 0 spiro atoms. The minimum absolute atomic E-state index is 0. The van der Waals surface area contributed by atoms with E-state index in [1.807, 2.05) is 13.8 Å². The molecule has 0 heterocycles. The minimum Gasteiger partial charge on any atom is -0.511 e. The van der Waals surface area contributed by atoms with E-state index in [1.165, 1.54) is 0 Å².